The molecule has 0 saturated heterocycles. The molecular formula is C19H15ClN2O2S. The van der Waals surface area contributed by atoms with E-state index in [0.29, 0.717) is 17.2 Å². The number of halogens is 1. The molecule has 126 valence electrons. The Kier molecular flexibility index (Phi) is 5.82. The van der Waals surface area contributed by atoms with Crippen LogP contribution in [0.25, 0.3) is 0 Å². The van der Waals surface area contributed by atoms with Crippen LogP contribution >= 0.6 is 22.9 Å². The maximum Gasteiger partial charge on any atom is 0.271 e. The summed E-state index contributed by atoms with van der Waals surface area (Å²) in [5.74, 6) is 0.491. The molecule has 0 bridgehead atoms. The van der Waals surface area contributed by atoms with Gasteiger partial charge in [0.15, 0.2) is 0 Å². The Labute approximate surface area is 154 Å². The second-order valence-electron chi connectivity index (χ2n) is 5.20. The number of carbonyl (C=O) groups is 1. The van der Waals surface area contributed by atoms with Gasteiger partial charge in [0.2, 0.25) is 0 Å². The van der Waals surface area contributed by atoms with Crippen LogP contribution in [0.5, 0.6) is 5.75 Å². The van der Waals surface area contributed by atoms with Crippen molar-refractivity contribution in [1.29, 1.82) is 0 Å². The lowest BCUT2D eigenvalue weighted by atomic mass is 10.1. The Morgan fingerprint density at radius 1 is 1.12 bits per heavy atom. The molecule has 0 unspecified atom stereocenters. The van der Waals surface area contributed by atoms with Crippen LogP contribution in [0.1, 0.15) is 21.5 Å². The van der Waals surface area contributed by atoms with E-state index in [-0.39, 0.29) is 5.91 Å². The van der Waals surface area contributed by atoms with Crippen molar-refractivity contribution in [3.8, 4) is 5.75 Å². The maximum atomic E-state index is 12.0. The van der Waals surface area contributed by atoms with E-state index in [1.165, 1.54) is 0 Å². The summed E-state index contributed by atoms with van der Waals surface area (Å²) in [5.41, 5.74) is 4.98. The molecule has 1 aromatic heterocycles. The van der Waals surface area contributed by atoms with E-state index in [4.69, 9.17) is 16.3 Å². The molecule has 4 nitrogen and oxygen atoms in total. The van der Waals surface area contributed by atoms with Gasteiger partial charge in [-0.15, -0.1) is 0 Å². The van der Waals surface area contributed by atoms with E-state index in [1.807, 2.05) is 41.1 Å². The third kappa shape index (κ3) is 5.17. The first kappa shape index (κ1) is 17.2. The second kappa shape index (κ2) is 8.46. The van der Waals surface area contributed by atoms with Crippen molar-refractivity contribution in [1.82, 2.24) is 5.43 Å². The number of nitrogens with zero attached hydrogens (tertiary/aromatic N) is 1. The molecule has 1 heterocycles. The Bertz CT molecular complexity index is 844. The molecular weight excluding hydrogens is 356 g/mol. The molecule has 1 amide bonds. The molecule has 25 heavy (non-hydrogen) atoms. The molecule has 0 aliphatic heterocycles. The van der Waals surface area contributed by atoms with Crippen LogP contribution in [0.4, 0.5) is 0 Å². The number of benzene rings is 2. The van der Waals surface area contributed by atoms with Crippen molar-refractivity contribution in [3.63, 3.8) is 0 Å². The van der Waals surface area contributed by atoms with E-state index < -0.39 is 0 Å². The van der Waals surface area contributed by atoms with Crippen molar-refractivity contribution in [2.24, 2.45) is 5.10 Å². The summed E-state index contributed by atoms with van der Waals surface area (Å²) in [5, 5.41) is 8.51. The molecule has 0 aliphatic carbocycles. The highest BCUT2D eigenvalue weighted by atomic mass is 35.5. The third-order valence-corrected chi connectivity index (χ3v) is 4.31. The summed E-state index contributed by atoms with van der Waals surface area (Å²) in [7, 11) is 0. The lowest BCUT2D eigenvalue weighted by Gasteiger charge is -2.07. The van der Waals surface area contributed by atoms with Crippen molar-refractivity contribution >= 4 is 35.1 Å². The van der Waals surface area contributed by atoms with E-state index in [9.17, 15) is 4.79 Å². The first-order valence-corrected chi connectivity index (χ1v) is 8.86. The SMILES string of the molecule is O=C(N/N=C\c1ccsc1)c1ccc(COc2ccc(Cl)cc2)cc1. The minimum atomic E-state index is -0.253. The Balaban J connectivity index is 1.52. The molecule has 3 rings (SSSR count). The van der Waals surface area contributed by atoms with Gasteiger partial charge >= 0.3 is 0 Å². The number of ether oxygens (including phenoxy) is 1. The summed E-state index contributed by atoms with van der Waals surface area (Å²) in [6.07, 6.45) is 1.61. The Hall–Kier alpha value is -2.63. The molecule has 3 aromatic rings. The highest BCUT2D eigenvalue weighted by Crippen LogP contribution is 2.17. The van der Waals surface area contributed by atoms with Gasteiger partial charge in [-0.3, -0.25) is 4.79 Å². The maximum absolute atomic E-state index is 12.0. The Morgan fingerprint density at radius 3 is 2.56 bits per heavy atom. The van der Waals surface area contributed by atoms with E-state index >= 15 is 0 Å². The molecule has 2 aromatic carbocycles. The molecule has 0 atom stereocenters. The largest absolute Gasteiger partial charge is 0.489 e. The zero-order chi connectivity index (χ0) is 17.5. The standard InChI is InChI=1S/C19H15ClN2O2S/c20-17-5-7-18(8-6-17)24-12-14-1-3-16(4-2-14)19(23)22-21-11-15-9-10-25-13-15/h1-11,13H,12H2,(H,22,23)/b21-11-. The van der Waals surface area contributed by atoms with Gasteiger partial charge in [0.1, 0.15) is 12.4 Å². The Morgan fingerprint density at radius 2 is 1.88 bits per heavy atom. The van der Waals surface area contributed by atoms with Crippen LogP contribution in [-0.2, 0) is 6.61 Å². The summed E-state index contributed by atoms with van der Waals surface area (Å²) in [6.45, 7) is 0.417. The minimum absolute atomic E-state index is 0.253. The van der Waals surface area contributed by atoms with Crippen LogP contribution < -0.4 is 10.2 Å². The molecule has 6 heteroatoms. The normalized spacial score (nSPS) is 10.8. The fourth-order valence-electron chi connectivity index (χ4n) is 2.03. The molecule has 0 spiro atoms. The minimum Gasteiger partial charge on any atom is -0.489 e. The number of carbonyl (C=O) groups excluding carboxylic acids is 1. The molecule has 0 fully saturated rings. The van der Waals surface area contributed by atoms with Crippen molar-refractivity contribution in [2.45, 2.75) is 6.61 Å². The summed E-state index contributed by atoms with van der Waals surface area (Å²) in [4.78, 5) is 12.0. The van der Waals surface area contributed by atoms with Gasteiger partial charge in [0, 0.05) is 16.1 Å². The first-order chi connectivity index (χ1) is 12.2. The van der Waals surface area contributed by atoms with Crippen LogP contribution in [0, 0.1) is 0 Å². The summed E-state index contributed by atoms with van der Waals surface area (Å²) >= 11 is 7.42. The number of amides is 1. The second-order valence-corrected chi connectivity index (χ2v) is 6.41. The average Bonchev–Trinajstić information content (AvgIpc) is 3.15. The van der Waals surface area contributed by atoms with Gasteiger partial charge in [0.05, 0.1) is 6.21 Å². The van der Waals surface area contributed by atoms with Gasteiger partial charge < -0.3 is 4.74 Å². The van der Waals surface area contributed by atoms with Crippen molar-refractivity contribution in [3.05, 3.63) is 87.1 Å². The third-order valence-electron chi connectivity index (χ3n) is 3.36. The number of hydrogen-bond acceptors (Lipinski definition) is 4. The monoisotopic (exact) mass is 370 g/mol. The highest BCUT2D eigenvalue weighted by molar-refractivity contribution is 7.08. The van der Waals surface area contributed by atoms with Crippen molar-refractivity contribution in [2.75, 3.05) is 0 Å². The van der Waals surface area contributed by atoms with Gasteiger partial charge in [-0.2, -0.15) is 16.4 Å². The number of hydrogen-bond donors (Lipinski definition) is 1. The molecule has 1 N–H and O–H groups in total. The van der Waals surface area contributed by atoms with Gasteiger partial charge in [-0.1, -0.05) is 23.7 Å². The zero-order valence-corrected chi connectivity index (χ0v) is 14.8. The number of hydrazone groups is 1. The van der Waals surface area contributed by atoms with Crippen LogP contribution in [-0.4, -0.2) is 12.1 Å². The van der Waals surface area contributed by atoms with Crippen LogP contribution in [0.15, 0.2) is 70.5 Å². The zero-order valence-electron chi connectivity index (χ0n) is 13.2. The summed E-state index contributed by atoms with van der Waals surface area (Å²) < 4.78 is 5.67. The fraction of sp³-hybridized carbons (Fsp3) is 0.0526. The van der Waals surface area contributed by atoms with E-state index in [2.05, 4.69) is 10.5 Å². The predicted octanol–water partition coefficient (Wildman–Crippen LogP) is 4.74. The average molecular weight is 371 g/mol. The van der Waals surface area contributed by atoms with Crippen LogP contribution in [0.2, 0.25) is 5.02 Å². The van der Waals surface area contributed by atoms with E-state index in [1.54, 1.807) is 41.8 Å². The molecule has 0 radical (unpaired) electrons. The van der Waals surface area contributed by atoms with Gasteiger partial charge in [-0.25, -0.2) is 5.43 Å². The first-order valence-electron chi connectivity index (χ1n) is 7.53. The lowest BCUT2D eigenvalue weighted by Crippen LogP contribution is -2.17. The topological polar surface area (TPSA) is 50.7 Å². The van der Waals surface area contributed by atoms with Crippen LogP contribution in [0.3, 0.4) is 0 Å². The van der Waals surface area contributed by atoms with E-state index in [0.717, 1.165) is 16.9 Å². The molecule has 0 aliphatic rings. The smallest absolute Gasteiger partial charge is 0.271 e. The quantitative estimate of drug-likeness (QED) is 0.503. The number of rotatable bonds is 6. The predicted molar refractivity (Wildman–Crippen MR) is 102 cm³/mol. The van der Waals surface area contributed by atoms with Crippen molar-refractivity contribution < 1.29 is 9.53 Å². The molecule has 0 saturated carbocycles. The summed E-state index contributed by atoms with van der Waals surface area (Å²) in [6, 6.07) is 16.3. The lowest BCUT2D eigenvalue weighted by molar-refractivity contribution is 0.0955. The fourth-order valence-corrected chi connectivity index (χ4v) is 2.77. The van der Waals surface area contributed by atoms with Gasteiger partial charge in [-0.05, 0) is 58.8 Å². The number of thiophene rings is 1. The van der Waals surface area contributed by atoms with Gasteiger partial charge in [0.25, 0.3) is 5.91 Å². The number of nitrogens with one attached hydrogen (secondary N) is 1. The highest BCUT2D eigenvalue weighted by Gasteiger charge is 2.04.